The maximum absolute atomic E-state index is 5.96. The molecular weight excluding hydrogens is 188 g/mol. The van der Waals surface area contributed by atoms with Gasteiger partial charge in [0.05, 0.1) is 0 Å². The lowest BCUT2D eigenvalue weighted by Crippen LogP contribution is -2.39. The standard InChI is InChI=1S/C12H22OSi/c1-8-10-12(3,4)11(9-2)13-14(5,6)7/h2,8,11H,1,10H2,3-7H3. The molecule has 0 radical (unpaired) electrons. The molecule has 1 nitrogen and oxygen atoms in total. The molecule has 0 saturated carbocycles. The number of hydrogen-bond donors (Lipinski definition) is 0. The molecule has 0 aromatic heterocycles. The van der Waals surface area contributed by atoms with E-state index in [-0.39, 0.29) is 11.5 Å². The van der Waals surface area contributed by atoms with Crippen molar-refractivity contribution in [3.63, 3.8) is 0 Å². The largest absolute Gasteiger partial charge is 0.404 e. The predicted octanol–water partition coefficient (Wildman–Crippen LogP) is 3.44. The van der Waals surface area contributed by atoms with Crippen molar-refractivity contribution in [3.8, 4) is 12.3 Å². The first-order valence-electron chi connectivity index (χ1n) is 4.98. The van der Waals surface area contributed by atoms with Gasteiger partial charge < -0.3 is 4.43 Å². The fourth-order valence-electron chi connectivity index (χ4n) is 1.25. The van der Waals surface area contributed by atoms with Gasteiger partial charge in [0.25, 0.3) is 0 Å². The second-order valence-electron chi connectivity index (χ2n) is 5.26. The maximum Gasteiger partial charge on any atom is 0.185 e. The van der Waals surface area contributed by atoms with E-state index in [1.54, 1.807) is 0 Å². The van der Waals surface area contributed by atoms with Crippen molar-refractivity contribution in [3.05, 3.63) is 12.7 Å². The molecule has 14 heavy (non-hydrogen) atoms. The molecule has 0 N–H and O–H groups in total. The van der Waals surface area contributed by atoms with Crippen LogP contribution in [0.2, 0.25) is 19.6 Å². The molecule has 0 aromatic carbocycles. The van der Waals surface area contributed by atoms with Gasteiger partial charge in [-0.3, -0.25) is 0 Å². The van der Waals surface area contributed by atoms with Gasteiger partial charge in [-0.1, -0.05) is 25.8 Å². The van der Waals surface area contributed by atoms with Crippen LogP contribution in [-0.2, 0) is 4.43 Å². The van der Waals surface area contributed by atoms with E-state index < -0.39 is 8.32 Å². The zero-order valence-electron chi connectivity index (χ0n) is 10.1. The Balaban J connectivity index is 4.57. The molecule has 0 rings (SSSR count). The summed E-state index contributed by atoms with van der Waals surface area (Å²) in [6, 6.07) is 0. The molecule has 0 bridgehead atoms. The molecule has 0 spiro atoms. The Hall–Kier alpha value is -0.523. The molecule has 1 atom stereocenters. The van der Waals surface area contributed by atoms with E-state index in [9.17, 15) is 0 Å². The highest BCUT2D eigenvalue weighted by Crippen LogP contribution is 2.29. The molecule has 80 valence electrons. The van der Waals surface area contributed by atoms with Crippen LogP contribution < -0.4 is 0 Å². The molecule has 1 unspecified atom stereocenters. The summed E-state index contributed by atoms with van der Waals surface area (Å²) in [5.74, 6) is 2.75. The van der Waals surface area contributed by atoms with Crippen LogP contribution in [0.4, 0.5) is 0 Å². The van der Waals surface area contributed by atoms with Crippen LogP contribution >= 0.6 is 0 Å². The van der Waals surface area contributed by atoms with Crippen LogP contribution in [0.25, 0.3) is 0 Å². The van der Waals surface area contributed by atoms with Gasteiger partial charge in [-0.05, 0) is 26.1 Å². The zero-order valence-corrected chi connectivity index (χ0v) is 11.1. The van der Waals surface area contributed by atoms with Crippen molar-refractivity contribution in [1.82, 2.24) is 0 Å². The Kier molecular flexibility index (Phi) is 4.63. The van der Waals surface area contributed by atoms with Gasteiger partial charge in [0, 0.05) is 5.41 Å². The molecule has 0 fully saturated rings. The van der Waals surface area contributed by atoms with Crippen molar-refractivity contribution >= 4 is 8.32 Å². The van der Waals surface area contributed by atoms with Crippen LogP contribution in [0.3, 0.4) is 0 Å². The smallest absolute Gasteiger partial charge is 0.185 e. The summed E-state index contributed by atoms with van der Waals surface area (Å²) in [6.45, 7) is 14.5. The first-order valence-corrected chi connectivity index (χ1v) is 8.38. The Bertz CT molecular complexity index is 230. The molecule has 0 amide bonds. The quantitative estimate of drug-likeness (QED) is 0.384. The Morgan fingerprint density at radius 3 is 2.29 bits per heavy atom. The topological polar surface area (TPSA) is 9.23 Å². The minimum Gasteiger partial charge on any atom is -0.404 e. The minimum absolute atomic E-state index is 0.0171. The lowest BCUT2D eigenvalue weighted by atomic mass is 9.83. The van der Waals surface area contributed by atoms with Gasteiger partial charge in [-0.2, -0.15) is 0 Å². The lowest BCUT2D eigenvalue weighted by Gasteiger charge is -2.34. The lowest BCUT2D eigenvalue weighted by molar-refractivity contribution is 0.117. The molecule has 0 saturated heterocycles. The van der Waals surface area contributed by atoms with E-state index in [1.807, 2.05) is 6.08 Å². The first kappa shape index (κ1) is 13.5. The fourth-order valence-corrected chi connectivity index (χ4v) is 2.35. The Morgan fingerprint density at radius 1 is 1.50 bits per heavy atom. The van der Waals surface area contributed by atoms with E-state index in [2.05, 4.69) is 46.0 Å². The number of allylic oxidation sites excluding steroid dienone is 1. The highest BCUT2D eigenvalue weighted by molar-refractivity contribution is 6.69. The van der Waals surface area contributed by atoms with Gasteiger partial charge >= 0.3 is 0 Å². The van der Waals surface area contributed by atoms with Gasteiger partial charge in [-0.25, -0.2) is 0 Å². The predicted molar refractivity (Wildman–Crippen MR) is 65.6 cm³/mol. The van der Waals surface area contributed by atoms with Crippen LogP contribution in [-0.4, -0.2) is 14.4 Å². The third kappa shape index (κ3) is 4.64. The highest BCUT2D eigenvalue weighted by atomic mass is 28.4. The normalized spacial score (nSPS) is 14.6. The Morgan fingerprint density at radius 2 is 2.00 bits per heavy atom. The van der Waals surface area contributed by atoms with Gasteiger partial charge in [0.15, 0.2) is 8.32 Å². The summed E-state index contributed by atoms with van der Waals surface area (Å²) >= 11 is 0. The Labute approximate surface area is 89.7 Å². The summed E-state index contributed by atoms with van der Waals surface area (Å²) in [7, 11) is -1.56. The molecule has 0 aliphatic carbocycles. The second-order valence-corrected chi connectivity index (χ2v) is 9.72. The van der Waals surface area contributed by atoms with Gasteiger partial charge in [-0.15, -0.1) is 13.0 Å². The van der Waals surface area contributed by atoms with Crippen LogP contribution in [0.5, 0.6) is 0 Å². The fraction of sp³-hybridized carbons (Fsp3) is 0.667. The van der Waals surface area contributed by atoms with E-state index >= 15 is 0 Å². The van der Waals surface area contributed by atoms with Crippen molar-refractivity contribution in [2.24, 2.45) is 5.41 Å². The maximum atomic E-state index is 5.96. The molecule has 0 aromatic rings. The average molecular weight is 210 g/mol. The summed E-state index contributed by atoms with van der Waals surface area (Å²) in [5, 5.41) is 0. The summed E-state index contributed by atoms with van der Waals surface area (Å²) < 4.78 is 5.96. The number of rotatable bonds is 5. The van der Waals surface area contributed by atoms with Crippen LogP contribution in [0.15, 0.2) is 12.7 Å². The third-order valence-electron chi connectivity index (χ3n) is 2.00. The minimum atomic E-state index is -1.56. The molecule has 0 aliphatic rings. The second kappa shape index (κ2) is 4.81. The summed E-state index contributed by atoms with van der Waals surface area (Å²) in [6.07, 6.45) is 8.19. The van der Waals surface area contributed by atoms with Crippen molar-refractivity contribution in [2.45, 2.75) is 46.0 Å². The SMILES string of the molecule is C#CC(O[Si](C)(C)C)C(C)(C)CC=C. The van der Waals surface area contributed by atoms with E-state index in [0.717, 1.165) is 6.42 Å². The third-order valence-corrected chi connectivity index (χ3v) is 2.95. The summed E-state index contributed by atoms with van der Waals surface area (Å²) in [4.78, 5) is 0. The zero-order chi connectivity index (χ0) is 11.4. The highest BCUT2D eigenvalue weighted by Gasteiger charge is 2.31. The van der Waals surface area contributed by atoms with E-state index in [0.29, 0.717) is 0 Å². The van der Waals surface area contributed by atoms with Gasteiger partial charge in [0.1, 0.15) is 6.10 Å². The monoisotopic (exact) mass is 210 g/mol. The average Bonchev–Trinajstić information content (AvgIpc) is 1.98. The van der Waals surface area contributed by atoms with Crippen molar-refractivity contribution < 1.29 is 4.43 Å². The summed E-state index contributed by atoms with van der Waals surface area (Å²) in [5.41, 5.74) is -0.0171. The van der Waals surface area contributed by atoms with Crippen LogP contribution in [0.1, 0.15) is 20.3 Å². The van der Waals surface area contributed by atoms with Crippen LogP contribution in [0, 0.1) is 17.8 Å². The van der Waals surface area contributed by atoms with E-state index in [4.69, 9.17) is 10.8 Å². The van der Waals surface area contributed by atoms with E-state index in [1.165, 1.54) is 0 Å². The first-order chi connectivity index (χ1) is 6.23. The molecule has 0 heterocycles. The van der Waals surface area contributed by atoms with Gasteiger partial charge in [0.2, 0.25) is 0 Å². The molecule has 0 aliphatic heterocycles. The molecule has 2 heteroatoms. The van der Waals surface area contributed by atoms with Crippen molar-refractivity contribution in [2.75, 3.05) is 0 Å². The number of terminal acetylenes is 1. The number of hydrogen-bond acceptors (Lipinski definition) is 1. The molecular formula is C12H22OSi. The van der Waals surface area contributed by atoms with Crippen molar-refractivity contribution in [1.29, 1.82) is 0 Å².